The molecular formula is C19H26N3O3S+. The minimum Gasteiger partial charge on any atom is -0.462 e. The molecule has 2 aromatic rings. The van der Waals surface area contributed by atoms with Crippen molar-refractivity contribution >= 4 is 28.2 Å². The molecule has 2 rings (SSSR count). The summed E-state index contributed by atoms with van der Waals surface area (Å²) in [6, 6.07) is 8.33. The van der Waals surface area contributed by atoms with Gasteiger partial charge in [-0.05, 0) is 13.8 Å². The lowest BCUT2D eigenvalue weighted by Crippen LogP contribution is -3.06. The molecule has 26 heavy (non-hydrogen) atoms. The first-order valence-corrected chi connectivity index (χ1v) is 9.36. The predicted molar refractivity (Wildman–Crippen MR) is 104 cm³/mol. The van der Waals surface area contributed by atoms with Crippen molar-refractivity contribution in [1.82, 2.24) is 5.32 Å². The van der Waals surface area contributed by atoms with Crippen LogP contribution in [0, 0.1) is 6.92 Å². The fraction of sp³-hybridized carbons (Fsp3) is 0.368. The first-order valence-electron chi connectivity index (χ1n) is 8.54. The number of carbonyl (C=O) groups excluding carboxylic acids is 2. The molecule has 0 aliphatic carbocycles. The third-order valence-electron chi connectivity index (χ3n) is 4.05. The zero-order valence-electron chi connectivity index (χ0n) is 15.6. The van der Waals surface area contributed by atoms with Gasteiger partial charge in [0.15, 0.2) is 0 Å². The molecule has 1 aromatic heterocycles. The van der Waals surface area contributed by atoms with Crippen LogP contribution in [-0.2, 0) is 17.8 Å². The van der Waals surface area contributed by atoms with Gasteiger partial charge in [0.2, 0.25) is 0 Å². The number of nitrogens with two attached hydrogens (primary N) is 1. The summed E-state index contributed by atoms with van der Waals surface area (Å²) in [4.78, 5) is 26.2. The minimum absolute atomic E-state index is 0.240. The summed E-state index contributed by atoms with van der Waals surface area (Å²) < 4.78 is 5.14. The number of anilines is 1. The van der Waals surface area contributed by atoms with Crippen molar-refractivity contribution < 1.29 is 19.2 Å². The Hall–Kier alpha value is -2.38. The monoisotopic (exact) mass is 376 g/mol. The molecule has 6 nitrogen and oxygen atoms in total. The highest BCUT2D eigenvalue weighted by Gasteiger charge is 2.28. The Morgan fingerprint density at radius 2 is 1.88 bits per heavy atom. The predicted octanol–water partition coefficient (Wildman–Crippen LogP) is 1.39. The summed E-state index contributed by atoms with van der Waals surface area (Å²) in [7, 11) is 3.59. The number of esters is 1. The fourth-order valence-electron chi connectivity index (χ4n) is 2.80. The Morgan fingerprint density at radius 3 is 2.46 bits per heavy atom. The van der Waals surface area contributed by atoms with Crippen LogP contribution < -0.4 is 16.0 Å². The van der Waals surface area contributed by atoms with E-state index in [-0.39, 0.29) is 12.5 Å². The summed E-state index contributed by atoms with van der Waals surface area (Å²) in [5.74, 6) is -0.718. The molecule has 4 N–H and O–H groups in total. The Balaban J connectivity index is 2.31. The van der Waals surface area contributed by atoms with Crippen LogP contribution in [0.2, 0.25) is 0 Å². The van der Waals surface area contributed by atoms with Gasteiger partial charge in [-0.2, -0.15) is 0 Å². The molecular weight excluding hydrogens is 350 g/mol. The Kier molecular flexibility index (Phi) is 6.76. The Morgan fingerprint density at radius 1 is 1.23 bits per heavy atom. The topological polar surface area (TPSA) is 85.9 Å². The van der Waals surface area contributed by atoms with Crippen molar-refractivity contribution in [3.05, 3.63) is 51.4 Å². The average molecular weight is 377 g/mol. The number of hydrogen-bond donors (Lipinski definition) is 3. The van der Waals surface area contributed by atoms with E-state index >= 15 is 0 Å². The highest BCUT2D eigenvalue weighted by Crippen LogP contribution is 2.31. The second kappa shape index (κ2) is 8.82. The summed E-state index contributed by atoms with van der Waals surface area (Å²) in [5.41, 5.74) is 9.41. The molecule has 0 aliphatic heterocycles. The number of thiophene rings is 1. The van der Waals surface area contributed by atoms with Gasteiger partial charge in [-0.3, -0.25) is 4.79 Å². The molecule has 1 heterocycles. The molecule has 0 spiro atoms. The fourth-order valence-corrected chi connectivity index (χ4v) is 3.82. The van der Waals surface area contributed by atoms with Crippen molar-refractivity contribution in [2.24, 2.45) is 0 Å². The number of amides is 1. The van der Waals surface area contributed by atoms with Crippen LogP contribution >= 0.6 is 11.3 Å². The van der Waals surface area contributed by atoms with E-state index in [1.165, 1.54) is 11.1 Å². The molecule has 0 bridgehead atoms. The zero-order valence-corrected chi connectivity index (χ0v) is 16.5. The van der Waals surface area contributed by atoms with Crippen LogP contribution in [0.3, 0.4) is 0 Å². The van der Waals surface area contributed by atoms with Gasteiger partial charge in [0, 0.05) is 18.2 Å². The number of quaternary nitrogens is 1. The van der Waals surface area contributed by atoms with Gasteiger partial charge in [0.25, 0.3) is 5.91 Å². The van der Waals surface area contributed by atoms with E-state index < -0.39 is 5.97 Å². The van der Waals surface area contributed by atoms with Crippen LogP contribution in [0.15, 0.2) is 24.3 Å². The number of carbonyl (C=O) groups is 2. The lowest BCUT2D eigenvalue weighted by Gasteiger charge is -2.16. The van der Waals surface area contributed by atoms with E-state index in [4.69, 9.17) is 10.5 Å². The number of rotatable bonds is 7. The molecule has 140 valence electrons. The summed E-state index contributed by atoms with van der Waals surface area (Å²) >= 11 is 1.13. The molecule has 1 unspecified atom stereocenters. The molecule has 1 atom stereocenters. The van der Waals surface area contributed by atoms with Gasteiger partial charge >= 0.3 is 5.97 Å². The van der Waals surface area contributed by atoms with Gasteiger partial charge in [-0.25, -0.2) is 4.79 Å². The number of nitrogens with one attached hydrogen (secondary N) is 2. The van der Waals surface area contributed by atoms with Gasteiger partial charge in [-0.15, -0.1) is 11.3 Å². The summed E-state index contributed by atoms with van der Waals surface area (Å²) in [6.45, 7) is 5.32. The lowest BCUT2D eigenvalue weighted by molar-refractivity contribution is -0.907. The molecule has 7 heteroatoms. The second-order valence-electron chi connectivity index (χ2n) is 6.24. The molecule has 0 aliphatic rings. The van der Waals surface area contributed by atoms with E-state index in [0.29, 0.717) is 27.5 Å². The third kappa shape index (κ3) is 4.62. The standard InChI is InChI=1S/C19H25N3O3S/c1-5-25-19(24)15-14(16(18(23)21-3)26-17(15)20)11-22(4)10-13-8-6-12(2)7-9-13/h6-9H,5,10-11,20H2,1-4H3,(H,21,23)/p+1. The normalized spacial score (nSPS) is 11.8. The van der Waals surface area contributed by atoms with Gasteiger partial charge < -0.3 is 20.7 Å². The van der Waals surface area contributed by atoms with Crippen LogP contribution in [0.5, 0.6) is 0 Å². The summed E-state index contributed by atoms with van der Waals surface area (Å²) in [5, 5.41) is 2.94. The maximum absolute atomic E-state index is 12.4. The van der Waals surface area contributed by atoms with Crippen molar-refractivity contribution in [3.63, 3.8) is 0 Å². The third-order valence-corrected chi connectivity index (χ3v) is 5.11. The smallest absolute Gasteiger partial charge is 0.341 e. The van der Waals surface area contributed by atoms with Crippen molar-refractivity contribution in [2.75, 3.05) is 26.4 Å². The highest BCUT2D eigenvalue weighted by atomic mass is 32.1. The average Bonchev–Trinajstić information content (AvgIpc) is 2.92. The van der Waals surface area contributed by atoms with Crippen molar-refractivity contribution in [3.8, 4) is 0 Å². The number of benzene rings is 1. The molecule has 1 amide bonds. The molecule has 0 saturated carbocycles. The van der Waals surface area contributed by atoms with E-state index in [1.807, 2.05) is 7.05 Å². The first-order chi connectivity index (χ1) is 12.4. The lowest BCUT2D eigenvalue weighted by atomic mass is 10.1. The van der Waals surface area contributed by atoms with Crippen molar-refractivity contribution in [1.29, 1.82) is 0 Å². The van der Waals surface area contributed by atoms with E-state index in [2.05, 4.69) is 36.5 Å². The van der Waals surface area contributed by atoms with E-state index in [1.54, 1.807) is 14.0 Å². The molecule has 0 saturated heterocycles. The Labute approximate surface area is 157 Å². The van der Waals surface area contributed by atoms with Gasteiger partial charge in [0.1, 0.15) is 28.5 Å². The first kappa shape index (κ1) is 19.9. The Bertz CT molecular complexity index is 784. The maximum atomic E-state index is 12.4. The van der Waals surface area contributed by atoms with Crippen LogP contribution in [0.4, 0.5) is 5.00 Å². The van der Waals surface area contributed by atoms with E-state index in [9.17, 15) is 9.59 Å². The number of ether oxygens (including phenoxy) is 1. The number of aryl methyl sites for hydroxylation is 1. The van der Waals surface area contributed by atoms with Crippen LogP contribution in [0.1, 0.15) is 43.6 Å². The van der Waals surface area contributed by atoms with E-state index in [0.717, 1.165) is 22.8 Å². The maximum Gasteiger partial charge on any atom is 0.341 e. The van der Waals surface area contributed by atoms with Gasteiger partial charge in [0.05, 0.1) is 13.7 Å². The largest absolute Gasteiger partial charge is 0.462 e. The zero-order chi connectivity index (χ0) is 19.3. The minimum atomic E-state index is -0.477. The van der Waals surface area contributed by atoms with Gasteiger partial charge in [-0.1, -0.05) is 29.8 Å². The quantitative estimate of drug-likeness (QED) is 0.638. The second-order valence-corrected chi connectivity index (χ2v) is 7.30. The summed E-state index contributed by atoms with van der Waals surface area (Å²) in [6.07, 6.45) is 0. The number of nitrogen functional groups attached to an aromatic ring is 1. The van der Waals surface area contributed by atoms with Crippen molar-refractivity contribution in [2.45, 2.75) is 26.9 Å². The van der Waals surface area contributed by atoms with Crippen LogP contribution in [0.25, 0.3) is 0 Å². The SMILES string of the molecule is CCOC(=O)c1c(N)sc(C(=O)NC)c1C[NH+](C)Cc1ccc(C)cc1. The number of hydrogen-bond acceptors (Lipinski definition) is 5. The highest BCUT2D eigenvalue weighted by molar-refractivity contribution is 7.18. The van der Waals surface area contributed by atoms with Crippen LogP contribution in [-0.4, -0.2) is 32.6 Å². The molecule has 1 aromatic carbocycles. The molecule has 0 fully saturated rings. The molecule has 0 radical (unpaired) electrons.